The number of hydrogen-bond donors (Lipinski definition) is 4. The third kappa shape index (κ3) is 17.2. The van der Waals surface area contributed by atoms with Crippen LogP contribution in [0.1, 0.15) is 35.2 Å². The van der Waals surface area contributed by atoms with E-state index in [0.717, 1.165) is 16.7 Å². The Bertz CT molecular complexity index is 918. The molecule has 0 spiro atoms. The van der Waals surface area contributed by atoms with Crippen molar-refractivity contribution in [2.45, 2.75) is 32.2 Å². The standard InChI is InChI=1S/C17H27N3O7.C8H8O.CH3NO/c1-18-13(17(24)25)3-4-14(21)19-7-2-9-26-11-12-27-10-8-20-15(22)5-6-16(20)23;1-7-2-4-8(6-9)5-3-7;2-1-3/h5-6,13,18H,2-4,7-12H2,1H3,(H,19,21)(H,24,25);2-6H,1H3;1H,(H2,2,3). The predicted molar refractivity (Wildman–Crippen MR) is 142 cm³/mol. The fourth-order valence-corrected chi connectivity index (χ4v) is 2.93. The minimum atomic E-state index is -0.976. The minimum Gasteiger partial charge on any atom is -0.480 e. The fraction of sp³-hybridized carbons (Fsp3) is 0.462. The smallest absolute Gasteiger partial charge is 0.320 e. The number of hydrogen-bond acceptors (Lipinski definition) is 9. The average Bonchev–Trinajstić information content (AvgIpc) is 3.23. The lowest BCUT2D eigenvalue weighted by molar-refractivity contribution is -0.140. The summed E-state index contributed by atoms with van der Waals surface area (Å²) in [4.78, 5) is 64.8. The van der Waals surface area contributed by atoms with E-state index in [4.69, 9.17) is 19.4 Å². The first kappa shape index (κ1) is 35.1. The van der Waals surface area contributed by atoms with Crippen LogP contribution in [0.25, 0.3) is 0 Å². The molecule has 5 N–H and O–H groups in total. The maximum atomic E-state index is 11.6. The van der Waals surface area contributed by atoms with Crippen LogP contribution in [-0.2, 0) is 33.4 Å². The monoisotopic (exact) mass is 550 g/mol. The molecule has 1 heterocycles. The van der Waals surface area contributed by atoms with Gasteiger partial charge in [-0.3, -0.25) is 33.7 Å². The number of primary amides is 1. The Hall–Kier alpha value is -3.94. The molecule has 13 nitrogen and oxygen atoms in total. The summed E-state index contributed by atoms with van der Waals surface area (Å²) in [5, 5.41) is 14.2. The zero-order valence-corrected chi connectivity index (χ0v) is 22.3. The van der Waals surface area contributed by atoms with Crippen LogP contribution in [0.5, 0.6) is 0 Å². The summed E-state index contributed by atoms with van der Waals surface area (Å²) in [5.74, 6) is -1.82. The van der Waals surface area contributed by atoms with E-state index >= 15 is 0 Å². The SMILES string of the molecule is CNC(CCC(=O)NCCCOCCOCCN1C(=O)C=CC1=O)C(=O)O.Cc1ccc(C=O)cc1.NC=O. The number of carbonyl (C=O) groups is 6. The van der Waals surface area contributed by atoms with Gasteiger partial charge < -0.3 is 30.9 Å². The van der Waals surface area contributed by atoms with Crippen LogP contribution < -0.4 is 16.4 Å². The largest absolute Gasteiger partial charge is 0.480 e. The molecular formula is C26H38N4O9. The minimum absolute atomic E-state index is 0.143. The lowest BCUT2D eigenvalue weighted by Crippen LogP contribution is -2.35. The molecule has 0 saturated carbocycles. The van der Waals surface area contributed by atoms with Crippen molar-refractivity contribution < 1.29 is 43.3 Å². The van der Waals surface area contributed by atoms with Gasteiger partial charge in [-0.2, -0.15) is 0 Å². The lowest BCUT2D eigenvalue weighted by Gasteiger charge is -2.13. The van der Waals surface area contributed by atoms with E-state index in [0.29, 0.717) is 32.8 Å². The van der Waals surface area contributed by atoms with E-state index in [1.165, 1.54) is 17.7 Å². The number of nitrogens with two attached hydrogens (primary N) is 1. The van der Waals surface area contributed by atoms with E-state index in [1.807, 2.05) is 31.2 Å². The highest BCUT2D eigenvalue weighted by atomic mass is 16.5. The molecule has 39 heavy (non-hydrogen) atoms. The Morgan fingerprint density at radius 1 is 1.03 bits per heavy atom. The normalized spacial score (nSPS) is 12.5. The molecule has 1 aliphatic rings. The summed E-state index contributed by atoms with van der Waals surface area (Å²) in [5.41, 5.74) is 6.08. The Morgan fingerprint density at radius 3 is 2.10 bits per heavy atom. The number of likely N-dealkylation sites (N-methyl/N-ethyl adjacent to an activating group) is 1. The van der Waals surface area contributed by atoms with Crippen LogP contribution in [-0.4, -0.2) is 99.0 Å². The van der Waals surface area contributed by atoms with Gasteiger partial charge in [0, 0.05) is 37.3 Å². The van der Waals surface area contributed by atoms with Gasteiger partial charge in [0.15, 0.2) is 0 Å². The topological polar surface area (TPSA) is 194 Å². The molecule has 0 saturated heterocycles. The Kier molecular flexibility index (Phi) is 19.8. The molecule has 216 valence electrons. The van der Waals surface area contributed by atoms with Gasteiger partial charge in [0.05, 0.1) is 26.4 Å². The average molecular weight is 551 g/mol. The molecule has 1 aliphatic heterocycles. The van der Waals surface area contributed by atoms with Gasteiger partial charge in [-0.25, -0.2) is 0 Å². The summed E-state index contributed by atoms with van der Waals surface area (Å²) in [7, 11) is 1.54. The van der Waals surface area contributed by atoms with Gasteiger partial charge in [0.2, 0.25) is 12.3 Å². The number of amides is 4. The number of rotatable bonds is 16. The van der Waals surface area contributed by atoms with E-state index < -0.39 is 12.0 Å². The number of nitrogens with zero attached hydrogens (tertiary/aromatic N) is 1. The van der Waals surface area contributed by atoms with Crippen molar-refractivity contribution in [2.75, 3.05) is 46.6 Å². The third-order valence-corrected chi connectivity index (χ3v) is 5.04. The number of ether oxygens (including phenoxy) is 2. The molecular weight excluding hydrogens is 512 g/mol. The van der Waals surface area contributed by atoms with Crippen LogP contribution >= 0.6 is 0 Å². The van der Waals surface area contributed by atoms with Gasteiger partial charge in [-0.05, 0) is 26.8 Å². The van der Waals surface area contributed by atoms with Crippen molar-refractivity contribution in [2.24, 2.45) is 5.73 Å². The first-order chi connectivity index (χ1) is 18.7. The lowest BCUT2D eigenvalue weighted by atomic mass is 10.1. The zero-order chi connectivity index (χ0) is 29.5. The van der Waals surface area contributed by atoms with Crippen molar-refractivity contribution in [3.05, 3.63) is 47.5 Å². The highest BCUT2D eigenvalue weighted by Gasteiger charge is 2.22. The van der Waals surface area contributed by atoms with Crippen LogP contribution in [0.2, 0.25) is 0 Å². The van der Waals surface area contributed by atoms with Gasteiger partial charge in [-0.15, -0.1) is 0 Å². The number of benzene rings is 1. The Morgan fingerprint density at radius 2 is 1.59 bits per heavy atom. The molecule has 2 rings (SSSR count). The van der Waals surface area contributed by atoms with E-state index in [1.54, 1.807) is 7.05 Å². The molecule has 4 amide bonds. The molecule has 0 bridgehead atoms. The summed E-state index contributed by atoms with van der Waals surface area (Å²) in [6, 6.07) is 6.73. The Labute approximate surface area is 227 Å². The number of carbonyl (C=O) groups excluding carboxylic acids is 5. The summed E-state index contributed by atoms with van der Waals surface area (Å²) >= 11 is 0. The van der Waals surface area contributed by atoms with Gasteiger partial charge in [0.1, 0.15) is 12.3 Å². The third-order valence-electron chi connectivity index (χ3n) is 5.04. The van der Waals surface area contributed by atoms with Crippen LogP contribution in [0.3, 0.4) is 0 Å². The summed E-state index contributed by atoms with van der Waals surface area (Å²) in [6.45, 7) is 4.07. The maximum absolute atomic E-state index is 11.6. The highest BCUT2D eigenvalue weighted by molar-refractivity contribution is 6.12. The van der Waals surface area contributed by atoms with Gasteiger partial charge in [0.25, 0.3) is 11.8 Å². The molecule has 13 heteroatoms. The van der Waals surface area contributed by atoms with Crippen molar-refractivity contribution in [3.8, 4) is 0 Å². The second-order valence-corrected chi connectivity index (χ2v) is 7.97. The van der Waals surface area contributed by atoms with Crippen molar-refractivity contribution >= 4 is 36.4 Å². The first-order valence-corrected chi connectivity index (χ1v) is 12.2. The van der Waals surface area contributed by atoms with Crippen molar-refractivity contribution in [1.82, 2.24) is 15.5 Å². The van der Waals surface area contributed by atoms with E-state index in [2.05, 4.69) is 16.4 Å². The number of imide groups is 1. The van der Waals surface area contributed by atoms with Crippen LogP contribution in [0.15, 0.2) is 36.4 Å². The molecule has 0 aliphatic carbocycles. The highest BCUT2D eigenvalue weighted by Crippen LogP contribution is 2.02. The number of aldehydes is 1. The summed E-state index contributed by atoms with van der Waals surface area (Å²) < 4.78 is 10.7. The molecule has 1 atom stereocenters. The molecule has 0 aromatic heterocycles. The quantitative estimate of drug-likeness (QED) is 0.122. The fourth-order valence-electron chi connectivity index (χ4n) is 2.93. The van der Waals surface area contributed by atoms with Crippen molar-refractivity contribution in [1.29, 1.82) is 0 Å². The molecule has 1 unspecified atom stereocenters. The predicted octanol–water partition coefficient (Wildman–Crippen LogP) is -0.187. The molecule has 1 aromatic carbocycles. The number of aryl methyl sites for hydroxylation is 1. The van der Waals surface area contributed by atoms with Crippen LogP contribution in [0, 0.1) is 6.92 Å². The van der Waals surface area contributed by atoms with Gasteiger partial charge >= 0.3 is 5.97 Å². The van der Waals surface area contributed by atoms with E-state index in [9.17, 15) is 24.0 Å². The van der Waals surface area contributed by atoms with Crippen molar-refractivity contribution in [3.63, 3.8) is 0 Å². The second kappa shape index (κ2) is 22.1. The first-order valence-electron chi connectivity index (χ1n) is 12.2. The zero-order valence-electron chi connectivity index (χ0n) is 22.3. The number of aliphatic carboxylic acids is 1. The van der Waals surface area contributed by atoms with Gasteiger partial charge in [-0.1, -0.05) is 29.8 Å². The molecule has 0 fully saturated rings. The maximum Gasteiger partial charge on any atom is 0.320 e. The Balaban J connectivity index is 0.000000990. The number of nitrogens with one attached hydrogen (secondary N) is 2. The van der Waals surface area contributed by atoms with E-state index in [-0.39, 0.29) is 50.1 Å². The summed E-state index contributed by atoms with van der Waals surface area (Å²) in [6.07, 6.45) is 4.56. The molecule has 1 aromatic rings. The van der Waals surface area contributed by atoms with Crippen LogP contribution in [0.4, 0.5) is 0 Å². The number of carboxylic acids is 1. The second-order valence-electron chi connectivity index (χ2n) is 7.97. The molecule has 0 radical (unpaired) electrons. The number of carboxylic acid groups (broad SMARTS) is 1.